The highest BCUT2D eigenvalue weighted by Gasteiger charge is 2.30. The molecule has 2 N–H and O–H groups in total. The third kappa shape index (κ3) is 5.46. The number of esters is 1. The topological polar surface area (TPSA) is 79.7 Å². The third-order valence-electron chi connectivity index (χ3n) is 5.77. The summed E-state index contributed by atoms with van der Waals surface area (Å²) in [4.78, 5) is 16.5. The van der Waals surface area contributed by atoms with Gasteiger partial charge in [0.15, 0.2) is 0 Å². The van der Waals surface area contributed by atoms with Crippen molar-refractivity contribution in [2.24, 2.45) is 0 Å². The smallest absolute Gasteiger partial charge is 0.308 e. The second-order valence-electron chi connectivity index (χ2n) is 8.38. The van der Waals surface area contributed by atoms with Crippen molar-refractivity contribution >= 4 is 22.9 Å². The molecule has 6 heteroatoms. The van der Waals surface area contributed by atoms with Crippen LogP contribution in [0.25, 0.3) is 28.1 Å². The number of aliphatic hydroxyl groups excluding tert-OH is 2. The van der Waals surface area contributed by atoms with Crippen molar-refractivity contribution in [3.8, 4) is 11.1 Å². The van der Waals surface area contributed by atoms with E-state index in [4.69, 9.17) is 9.72 Å². The van der Waals surface area contributed by atoms with Gasteiger partial charge in [0.2, 0.25) is 0 Å². The lowest BCUT2D eigenvalue weighted by molar-refractivity contribution is -0.145. The molecule has 0 unspecified atom stereocenters. The molecule has 2 aromatic carbocycles. The molecular weight excluding hydrogens is 421 g/mol. The van der Waals surface area contributed by atoms with E-state index in [1.54, 1.807) is 37.3 Å². The van der Waals surface area contributed by atoms with Gasteiger partial charge in [-0.25, -0.2) is 4.39 Å². The van der Waals surface area contributed by atoms with Crippen molar-refractivity contribution in [3.05, 3.63) is 71.7 Å². The molecule has 2 atom stereocenters. The fourth-order valence-electron chi connectivity index (χ4n) is 4.10. The van der Waals surface area contributed by atoms with Crippen LogP contribution in [0.15, 0.2) is 54.6 Å². The number of fused-ring (bicyclic) bond motifs is 1. The number of rotatable bonds is 9. The standard InChI is InChI=1S/C27H28FNO4/c1-2-33-25(32)16-19(31)15-18(30)13-14-22-26(20-7-3-5-9-23(20)28)21-8-4-6-10-24(21)29-27(22)17-11-12-17/h3-10,13-14,17-19,30-31H,2,11-12,15-16H2,1H3/b14-13+/t18-,19-/m1/s1. The highest BCUT2D eigenvalue weighted by Crippen LogP contribution is 2.45. The fourth-order valence-corrected chi connectivity index (χ4v) is 4.10. The number of carbonyl (C=O) groups is 1. The van der Waals surface area contributed by atoms with Crippen LogP contribution in [0, 0.1) is 5.82 Å². The molecule has 0 radical (unpaired) electrons. The molecule has 0 amide bonds. The minimum absolute atomic E-state index is 0.00980. The zero-order chi connectivity index (χ0) is 23.4. The van der Waals surface area contributed by atoms with Crippen molar-refractivity contribution in [1.82, 2.24) is 4.98 Å². The second-order valence-corrected chi connectivity index (χ2v) is 8.38. The van der Waals surface area contributed by atoms with Gasteiger partial charge in [-0.15, -0.1) is 0 Å². The average Bonchev–Trinajstić information content (AvgIpc) is 3.63. The van der Waals surface area contributed by atoms with Gasteiger partial charge in [-0.1, -0.05) is 48.6 Å². The first-order chi connectivity index (χ1) is 16.0. The largest absolute Gasteiger partial charge is 0.466 e. The number of para-hydroxylation sites is 1. The highest BCUT2D eigenvalue weighted by atomic mass is 19.1. The molecule has 5 nitrogen and oxygen atoms in total. The van der Waals surface area contributed by atoms with E-state index in [0.29, 0.717) is 11.5 Å². The van der Waals surface area contributed by atoms with Gasteiger partial charge >= 0.3 is 5.97 Å². The van der Waals surface area contributed by atoms with Crippen LogP contribution < -0.4 is 0 Å². The summed E-state index contributed by atoms with van der Waals surface area (Å²) in [5.41, 5.74) is 3.70. The minimum Gasteiger partial charge on any atom is -0.466 e. The maximum Gasteiger partial charge on any atom is 0.308 e. The van der Waals surface area contributed by atoms with Gasteiger partial charge in [0.05, 0.1) is 36.4 Å². The Morgan fingerprint density at radius 2 is 1.91 bits per heavy atom. The van der Waals surface area contributed by atoms with E-state index >= 15 is 0 Å². The quantitative estimate of drug-likeness (QED) is 0.450. The van der Waals surface area contributed by atoms with E-state index in [2.05, 4.69) is 0 Å². The number of ether oxygens (including phenoxy) is 1. The van der Waals surface area contributed by atoms with Gasteiger partial charge in [0, 0.05) is 34.4 Å². The average molecular weight is 450 g/mol. The van der Waals surface area contributed by atoms with Crippen LogP contribution in [-0.4, -0.2) is 40.0 Å². The van der Waals surface area contributed by atoms with Gasteiger partial charge in [0.1, 0.15) is 5.82 Å². The van der Waals surface area contributed by atoms with Crippen LogP contribution >= 0.6 is 0 Å². The SMILES string of the molecule is CCOC(=O)C[C@H](O)C[C@H](O)/C=C/c1c(C2CC2)nc2ccccc2c1-c1ccccc1F. The van der Waals surface area contributed by atoms with Crippen LogP contribution in [-0.2, 0) is 9.53 Å². The Hall–Kier alpha value is -3.09. The number of aliphatic hydroxyl groups is 2. The number of hydrogen-bond acceptors (Lipinski definition) is 5. The number of pyridine rings is 1. The lowest BCUT2D eigenvalue weighted by atomic mass is 9.92. The molecule has 1 heterocycles. The van der Waals surface area contributed by atoms with Crippen LogP contribution in [0.2, 0.25) is 0 Å². The first kappa shape index (κ1) is 23.1. The van der Waals surface area contributed by atoms with E-state index < -0.39 is 18.2 Å². The van der Waals surface area contributed by atoms with Gasteiger partial charge < -0.3 is 14.9 Å². The number of carbonyl (C=O) groups excluding carboxylic acids is 1. The summed E-state index contributed by atoms with van der Waals surface area (Å²) in [5.74, 6) is -0.528. The number of halogens is 1. The van der Waals surface area contributed by atoms with E-state index in [1.165, 1.54) is 6.07 Å². The molecule has 1 aliphatic carbocycles. The van der Waals surface area contributed by atoms with Crippen LogP contribution in [0.3, 0.4) is 0 Å². The third-order valence-corrected chi connectivity index (χ3v) is 5.77. The van der Waals surface area contributed by atoms with E-state index in [-0.39, 0.29) is 25.3 Å². The minimum atomic E-state index is -1.02. The molecule has 1 aromatic heterocycles. The molecule has 0 saturated heterocycles. The second kappa shape index (κ2) is 10.2. The van der Waals surface area contributed by atoms with Crippen molar-refractivity contribution < 1.29 is 24.1 Å². The Kier molecular flexibility index (Phi) is 7.16. The molecule has 1 saturated carbocycles. The lowest BCUT2D eigenvalue weighted by Gasteiger charge is -2.17. The molecule has 1 fully saturated rings. The summed E-state index contributed by atoms with van der Waals surface area (Å²) in [6.45, 7) is 1.94. The van der Waals surface area contributed by atoms with Gasteiger partial charge in [-0.05, 0) is 31.9 Å². The molecule has 0 spiro atoms. The summed E-state index contributed by atoms with van der Waals surface area (Å²) >= 11 is 0. The van der Waals surface area contributed by atoms with Gasteiger partial charge in [0.25, 0.3) is 0 Å². The van der Waals surface area contributed by atoms with Crippen LogP contribution in [0.4, 0.5) is 4.39 Å². The summed E-state index contributed by atoms with van der Waals surface area (Å²) in [6, 6.07) is 14.3. The van der Waals surface area contributed by atoms with E-state index in [9.17, 15) is 19.4 Å². The number of nitrogens with zero attached hydrogens (tertiary/aromatic N) is 1. The van der Waals surface area contributed by atoms with E-state index in [1.807, 2.05) is 24.3 Å². The van der Waals surface area contributed by atoms with Crippen LogP contribution in [0.5, 0.6) is 0 Å². The summed E-state index contributed by atoms with van der Waals surface area (Å²) < 4.78 is 19.8. The molecule has 4 rings (SSSR count). The molecule has 0 aliphatic heterocycles. The van der Waals surface area contributed by atoms with Gasteiger partial charge in [-0.2, -0.15) is 0 Å². The van der Waals surface area contributed by atoms with Crippen LogP contribution in [0.1, 0.15) is 49.8 Å². The van der Waals surface area contributed by atoms with Crippen molar-refractivity contribution in [3.63, 3.8) is 0 Å². The van der Waals surface area contributed by atoms with Gasteiger partial charge in [-0.3, -0.25) is 9.78 Å². The Morgan fingerprint density at radius 3 is 2.64 bits per heavy atom. The predicted octanol–water partition coefficient (Wildman–Crippen LogP) is 5.00. The molecule has 172 valence electrons. The molecular formula is C27H28FNO4. The number of hydrogen-bond donors (Lipinski definition) is 2. The lowest BCUT2D eigenvalue weighted by Crippen LogP contribution is -2.20. The summed E-state index contributed by atoms with van der Waals surface area (Å²) in [5, 5.41) is 21.5. The molecule has 3 aromatic rings. The first-order valence-corrected chi connectivity index (χ1v) is 11.4. The maximum atomic E-state index is 14.9. The Labute approximate surface area is 192 Å². The molecule has 0 bridgehead atoms. The monoisotopic (exact) mass is 449 g/mol. The number of benzene rings is 2. The Balaban J connectivity index is 1.72. The normalized spacial score (nSPS) is 15.6. The zero-order valence-electron chi connectivity index (χ0n) is 18.6. The predicted molar refractivity (Wildman–Crippen MR) is 126 cm³/mol. The highest BCUT2D eigenvalue weighted by molar-refractivity contribution is 5.99. The maximum absolute atomic E-state index is 14.9. The number of aromatic nitrogens is 1. The summed E-state index contributed by atoms with van der Waals surface area (Å²) in [7, 11) is 0. The Bertz CT molecular complexity index is 1170. The van der Waals surface area contributed by atoms with Crippen molar-refractivity contribution in [2.45, 2.75) is 50.7 Å². The fraction of sp³-hybridized carbons (Fsp3) is 0.333. The molecule has 33 heavy (non-hydrogen) atoms. The van der Waals surface area contributed by atoms with Crippen molar-refractivity contribution in [1.29, 1.82) is 0 Å². The first-order valence-electron chi connectivity index (χ1n) is 11.4. The summed E-state index contributed by atoms with van der Waals surface area (Å²) in [6.07, 6.45) is 3.20. The molecule has 1 aliphatic rings. The Morgan fingerprint density at radius 1 is 1.18 bits per heavy atom. The zero-order valence-corrected chi connectivity index (χ0v) is 18.6. The van der Waals surface area contributed by atoms with E-state index in [0.717, 1.165) is 40.6 Å². The van der Waals surface area contributed by atoms with Crippen molar-refractivity contribution in [2.75, 3.05) is 6.61 Å².